The van der Waals surface area contributed by atoms with Gasteiger partial charge in [0, 0.05) is 35.9 Å². The third-order valence-corrected chi connectivity index (χ3v) is 3.18. The highest BCUT2D eigenvalue weighted by atomic mass is 32.2. The average Bonchev–Trinajstić information content (AvgIpc) is 2.34. The molecular formula is C12H19NO3S. The Morgan fingerprint density at radius 3 is 2.59 bits per heavy atom. The molecule has 0 aliphatic rings. The van der Waals surface area contributed by atoms with Crippen LogP contribution in [-0.2, 0) is 10.8 Å². The van der Waals surface area contributed by atoms with Gasteiger partial charge in [-0.05, 0) is 17.7 Å². The van der Waals surface area contributed by atoms with Crippen LogP contribution >= 0.6 is 0 Å². The molecule has 0 aromatic heterocycles. The predicted molar refractivity (Wildman–Crippen MR) is 69.8 cm³/mol. The SMILES string of the molecule is COc1ccc(C(O)CNCCS(C)=O)cc1. The van der Waals surface area contributed by atoms with Gasteiger partial charge in [-0.25, -0.2) is 0 Å². The summed E-state index contributed by atoms with van der Waals surface area (Å²) in [4.78, 5) is 0. The van der Waals surface area contributed by atoms with Gasteiger partial charge in [-0.3, -0.25) is 4.21 Å². The Hall–Kier alpha value is -0.910. The Balaban J connectivity index is 2.35. The highest BCUT2D eigenvalue weighted by Gasteiger charge is 2.06. The van der Waals surface area contributed by atoms with Gasteiger partial charge in [0.15, 0.2) is 0 Å². The van der Waals surface area contributed by atoms with Crippen molar-refractivity contribution in [2.75, 3.05) is 32.2 Å². The molecule has 1 aromatic carbocycles. The zero-order valence-corrected chi connectivity index (χ0v) is 11.0. The topological polar surface area (TPSA) is 58.6 Å². The van der Waals surface area contributed by atoms with E-state index in [9.17, 15) is 9.32 Å². The van der Waals surface area contributed by atoms with Crippen LogP contribution in [0.1, 0.15) is 11.7 Å². The second-order valence-electron chi connectivity index (χ2n) is 3.77. The number of aliphatic hydroxyl groups excluding tert-OH is 1. The summed E-state index contributed by atoms with van der Waals surface area (Å²) >= 11 is 0. The highest BCUT2D eigenvalue weighted by Crippen LogP contribution is 2.16. The molecule has 0 bridgehead atoms. The third-order valence-electron chi connectivity index (χ3n) is 2.40. The molecule has 5 heteroatoms. The first-order valence-corrected chi connectivity index (χ1v) is 7.19. The van der Waals surface area contributed by atoms with Gasteiger partial charge < -0.3 is 15.2 Å². The van der Waals surface area contributed by atoms with Crippen molar-refractivity contribution in [3.05, 3.63) is 29.8 Å². The van der Waals surface area contributed by atoms with Gasteiger partial charge in [-0.2, -0.15) is 0 Å². The lowest BCUT2D eigenvalue weighted by molar-refractivity contribution is 0.175. The Labute approximate surface area is 104 Å². The summed E-state index contributed by atoms with van der Waals surface area (Å²) in [6.07, 6.45) is 1.12. The maximum Gasteiger partial charge on any atom is 0.118 e. The number of methoxy groups -OCH3 is 1. The van der Waals surface area contributed by atoms with Crippen LogP contribution in [0, 0.1) is 0 Å². The van der Waals surface area contributed by atoms with Crippen molar-refractivity contribution in [3.8, 4) is 5.75 Å². The monoisotopic (exact) mass is 257 g/mol. The molecule has 96 valence electrons. The summed E-state index contributed by atoms with van der Waals surface area (Å²) in [5.41, 5.74) is 0.843. The minimum Gasteiger partial charge on any atom is -0.497 e. The van der Waals surface area contributed by atoms with Crippen molar-refractivity contribution in [3.63, 3.8) is 0 Å². The molecule has 1 aromatic rings. The molecule has 17 heavy (non-hydrogen) atoms. The molecule has 0 saturated carbocycles. The molecule has 0 saturated heterocycles. The summed E-state index contributed by atoms with van der Waals surface area (Å²) in [5, 5.41) is 12.9. The molecule has 2 N–H and O–H groups in total. The number of rotatable bonds is 7. The van der Waals surface area contributed by atoms with Crippen molar-refractivity contribution < 1.29 is 14.1 Å². The van der Waals surface area contributed by atoms with Gasteiger partial charge in [0.05, 0.1) is 13.2 Å². The van der Waals surface area contributed by atoms with Crippen molar-refractivity contribution in [2.45, 2.75) is 6.10 Å². The Kier molecular flexibility index (Phi) is 6.18. The number of ether oxygens (including phenoxy) is 1. The van der Waals surface area contributed by atoms with Crippen LogP contribution in [-0.4, -0.2) is 41.5 Å². The molecule has 2 atom stereocenters. The smallest absolute Gasteiger partial charge is 0.118 e. The standard InChI is InChI=1S/C12H19NO3S/c1-16-11-5-3-10(4-6-11)12(14)9-13-7-8-17(2)15/h3-6,12-14H,7-9H2,1-2H3. The molecule has 0 aliphatic heterocycles. The molecule has 0 radical (unpaired) electrons. The van der Waals surface area contributed by atoms with Crippen molar-refractivity contribution >= 4 is 10.8 Å². The quantitative estimate of drug-likeness (QED) is 0.706. The average molecular weight is 257 g/mol. The number of benzene rings is 1. The number of hydrogen-bond acceptors (Lipinski definition) is 4. The van der Waals surface area contributed by atoms with E-state index in [0.717, 1.165) is 11.3 Å². The number of nitrogens with one attached hydrogen (secondary N) is 1. The molecule has 1 rings (SSSR count). The number of aliphatic hydroxyl groups is 1. The van der Waals surface area contributed by atoms with Crippen LogP contribution in [0.4, 0.5) is 0 Å². The third kappa shape index (κ3) is 5.30. The van der Waals surface area contributed by atoms with E-state index in [4.69, 9.17) is 4.74 Å². The second kappa shape index (κ2) is 7.42. The summed E-state index contributed by atoms with van der Waals surface area (Å²) < 4.78 is 15.9. The molecule has 0 aliphatic carbocycles. The van der Waals surface area contributed by atoms with E-state index in [1.54, 1.807) is 13.4 Å². The Morgan fingerprint density at radius 2 is 2.06 bits per heavy atom. The molecule has 0 spiro atoms. The minimum atomic E-state index is -0.790. The number of hydrogen-bond donors (Lipinski definition) is 2. The Bertz CT molecular complexity index is 353. The first kappa shape index (κ1) is 14.2. The predicted octanol–water partition coefficient (Wildman–Crippen LogP) is 0.697. The maximum absolute atomic E-state index is 10.8. The van der Waals surface area contributed by atoms with Crippen molar-refractivity contribution in [1.29, 1.82) is 0 Å². The molecule has 0 heterocycles. The van der Waals surface area contributed by atoms with Crippen LogP contribution in [0.2, 0.25) is 0 Å². The van der Waals surface area contributed by atoms with Crippen LogP contribution in [0.5, 0.6) is 5.75 Å². The first-order valence-electron chi connectivity index (χ1n) is 5.46. The minimum absolute atomic E-state index is 0.462. The normalized spacial score (nSPS) is 14.3. The maximum atomic E-state index is 10.8. The van der Waals surface area contributed by atoms with E-state index >= 15 is 0 Å². The van der Waals surface area contributed by atoms with Crippen LogP contribution in [0.3, 0.4) is 0 Å². The fraction of sp³-hybridized carbons (Fsp3) is 0.500. The van der Waals surface area contributed by atoms with E-state index in [1.807, 2.05) is 24.3 Å². The molecular weight excluding hydrogens is 238 g/mol. The molecule has 0 amide bonds. The second-order valence-corrected chi connectivity index (χ2v) is 5.33. The zero-order chi connectivity index (χ0) is 12.7. The van der Waals surface area contributed by atoms with Gasteiger partial charge >= 0.3 is 0 Å². The highest BCUT2D eigenvalue weighted by molar-refractivity contribution is 7.84. The summed E-state index contributed by atoms with van der Waals surface area (Å²) in [6.45, 7) is 1.11. The molecule has 0 fully saturated rings. The summed E-state index contributed by atoms with van der Waals surface area (Å²) in [5.74, 6) is 1.38. The van der Waals surface area contributed by atoms with Crippen molar-refractivity contribution in [2.24, 2.45) is 0 Å². The van der Waals surface area contributed by atoms with E-state index < -0.39 is 16.9 Å². The molecule has 4 nitrogen and oxygen atoms in total. The lowest BCUT2D eigenvalue weighted by Gasteiger charge is -2.12. The van der Waals surface area contributed by atoms with Gasteiger partial charge in [-0.15, -0.1) is 0 Å². The van der Waals surface area contributed by atoms with E-state index in [0.29, 0.717) is 18.8 Å². The zero-order valence-electron chi connectivity index (χ0n) is 10.2. The van der Waals surface area contributed by atoms with Crippen LogP contribution in [0.25, 0.3) is 0 Å². The summed E-state index contributed by atoms with van der Waals surface area (Å²) in [7, 11) is 0.819. The van der Waals surface area contributed by atoms with Gasteiger partial charge in [0.1, 0.15) is 5.75 Å². The lowest BCUT2D eigenvalue weighted by atomic mass is 10.1. The summed E-state index contributed by atoms with van der Waals surface area (Å²) in [6, 6.07) is 7.31. The van der Waals surface area contributed by atoms with Gasteiger partial charge in [0.25, 0.3) is 0 Å². The van der Waals surface area contributed by atoms with E-state index in [2.05, 4.69) is 5.32 Å². The fourth-order valence-corrected chi connectivity index (χ4v) is 1.83. The lowest BCUT2D eigenvalue weighted by Crippen LogP contribution is -2.25. The van der Waals surface area contributed by atoms with E-state index in [1.165, 1.54) is 0 Å². The first-order chi connectivity index (χ1) is 8.13. The largest absolute Gasteiger partial charge is 0.497 e. The van der Waals surface area contributed by atoms with Crippen LogP contribution < -0.4 is 10.1 Å². The van der Waals surface area contributed by atoms with Crippen LogP contribution in [0.15, 0.2) is 24.3 Å². The van der Waals surface area contributed by atoms with Crippen molar-refractivity contribution in [1.82, 2.24) is 5.32 Å². The van der Waals surface area contributed by atoms with Gasteiger partial charge in [0.2, 0.25) is 0 Å². The van der Waals surface area contributed by atoms with E-state index in [-0.39, 0.29) is 0 Å². The molecule has 2 unspecified atom stereocenters. The Morgan fingerprint density at radius 1 is 1.41 bits per heavy atom. The van der Waals surface area contributed by atoms with Gasteiger partial charge in [-0.1, -0.05) is 12.1 Å². The fourth-order valence-electron chi connectivity index (χ4n) is 1.40.